The minimum atomic E-state index is -0.560. The predicted molar refractivity (Wildman–Crippen MR) is 98.1 cm³/mol. The summed E-state index contributed by atoms with van der Waals surface area (Å²) in [5.41, 5.74) is 2.13. The summed E-state index contributed by atoms with van der Waals surface area (Å²) >= 11 is 0. The fraction of sp³-hybridized carbons (Fsp3) is 0.381. The van der Waals surface area contributed by atoms with Gasteiger partial charge in [-0.05, 0) is 30.5 Å². The third kappa shape index (κ3) is 3.95. The Morgan fingerprint density at radius 3 is 2.64 bits per heavy atom. The third-order valence-electron chi connectivity index (χ3n) is 4.49. The van der Waals surface area contributed by atoms with Gasteiger partial charge in [0, 0.05) is 12.0 Å². The summed E-state index contributed by atoms with van der Waals surface area (Å²) in [7, 11) is 0. The van der Waals surface area contributed by atoms with Crippen LogP contribution in [0.4, 0.5) is 0 Å². The first kappa shape index (κ1) is 17.3. The van der Waals surface area contributed by atoms with Crippen LogP contribution in [-0.2, 0) is 4.79 Å². The second kappa shape index (κ2) is 7.60. The number of benzene rings is 2. The molecule has 2 atom stereocenters. The largest absolute Gasteiger partial charge is 0.493 e. The Labute approximate surface area is 149 Å². The van der Waals surface area contributed by atoms with Crippen LogP contribution in [0.15, 0.2) is 48.5 Å². The number of ether oxygens (including phenoxy) is 2. The van der Waals surface area contributed by atoms with Crippen LogP contribution in [0.5, 0.6) is 11.5 Å². The van der Waals surface area contributed by atoms with Gasteiger partial charge in [0.2, 0.25) is 0 Å². The van der Waals surface area contributed by atoms with Crippen LogP contribution in [0.2, 0.25) is 0 Å². The van der Waals surface area contributed by atoms with Crippen LogP contribution in [0.1, 0.15) is 50.3 Å². The smallest absolute Gasteiger partial charge is 0.261 e. The van der Waals surface area contributed by atoms with Gasteiger partial charge in [0.25, 0.3) is 5.91 Å². The molecular formula is C21H25NO3. The van der Waals surface area contributed by atoms with E-state index in [9.17, 15) is 4.79 Å². The number of carbonyl (C=O) groups is 1. The molecular weight excluding hydrogens is 314 g/mol. The molecule has 0 saturated heterocycles. The number of hydrogen-bond donors (Lipinski definition) is 1. The van der Waals surface area contributed by atoms with Crippen molar-refractivity contribution in [3.63, 3.8) is 0 Å². The Bertz CT molecular complexity index is 741. The lowest BCUT2D eigenvalue weighted by Crippen LogP contribution is -2.40. The van der Waals surface area contributed by atoms with Crippen molar-refractivity contribution >= 4 is 5.91 Å². The Morgan fingerprint density at radius 1 is 1.12 bits per heavy atom. The molecule has 4 nitrogen and oxygen atoms in total. The van der Waals surface area contributed by atoms with Gasteiger partial charge in [0.15, 0.2) is 6.10 Å². The van der Waals surface area contributed by atoms with Gasteiger partial charge in [-0.25, -0.2) is 0 Å². The average molecular weight is 339 g/mol. The zero-order chi connectivity index (χ0) is 17.8. The van der Waals surface area contributed by atoms with Crippen LogP contribution < -0.4 is 14.8 Å². The normalized spacial score (nSPS) is 17.4. The van der Waals surface area contributed by atoms with Crippen LogP contribution in [0.25, 0.3) is 0 Å². The van der Waals surface area contributed by atoms with E-state index in [0.29, 0.717) is 12.5 Å². The molecule has 0 aliphatic carbocycles. The summed E-state index contributed by atoms with van der Waals surface area (Å²) in [6.07, 6.45) is 0.202. The van der Waals surface area contributed by atoms with Crippen LogP contribution >= 0.6 is 0 Å². The highest BCUT2D eigenvalue weighted by molar-refractivity contribution is 5.81. The third-order valence-corrected chi connectivity index (χ3v) is 4.49. The maximum absolute atomic E-state index is 12.6. The molecule has 4 heteroatoms. The number of amides is 1. The van der Waals surface area contributed by atoms with E-state index in [1.54, 1.807) is 6.92 Å². The van der Waals surface area contributed by atoms with Gasteiger partial charge in [-0.3, -0.25) is 4.79 Å². The van der Waals surface area contributed by atoms with E-state index in [1.165, 1.54) is 0 Å². The van der Waals surface area contributed by atoms with Crippen molar-refractivity contribution < 1.29 is 14.3 Å². The molecule has 1 N–H and O–H groups in total. The van der Waals surface area contributed by atoms with E-state index < -0.39 is 6.10 Å². The number of para-hydroxylation sites is 2. The van der Waals surface area contributed by atoms with E-state index in [1.807, 2.05) is 48.5 Å². The number of fused-ring (bicyclic) bond motifs is 1. The summed E-state index contributed by atoms with van der Waals surface area (Å²) < 4.78 is 11.6. The lowest BCUT2D eigenvalue weighted by molar-refractivity contribution is -0.128. The maximum atomic E-state index is 12.6. The molecule has 2 aromatic carbocycles. The molecule has 1 aliphatic heterocycles. The highest BCUT2D eigenvalue weighted by Crippen LogP contribution is 2.32. The molecule has 0 aromatic heterocycles. The first-order chi connectivity index (χ1) is 12.1. The lowest BCUT2D eigenvalue weighted by atomic mass is 10.0. The maximum Gasteiger partial charge on any atom is 0.261 e. The average Bonchev–Trinajstić information content (AvgIpc) is 2.62. The van der Waals surface area contributed by atoms with Gasteiger partial charge in [0.05, 0.1) is 12.6 Å². The molecule has 0 spiro atoms. The van der Waals surface area contributed by atoms with Gasteiger partial charge in [-0.2, -0.15) is 0 Å². The molecule has 0 saturated carbocycles. The molecule has 25 heavy (non-hydrogen) atoms. The Hall–Kier alpha value is -2.49. The topological polar surface area (TPSA) is 47.6 Å². The molecule has 132 valence electrons. The number of hydrogen-bond acceptors (Lipinski definition) is 3. The van der Waals surface area contributed by atoms with E-state index in [0.717, 1.165) is 29.0 Å². The van der Waals surface area contributed by atoms with Gasteiger partial charge in [-0.1, -0.05) is 50.2 Å². The quantitative estimate of drug-likeness (QED) is 0.887. The second-order valence-corrected chi connectivity index (χ2v) is 6.69. The van der Waals surface area contributed by atoms with Crippen molar-refractivity contribution in [2.75, 3.05) is 6.61 Å². The van der Waals surface area contributed by atoms with Crippen molar-refractivity contribution in [2.45, 2.75) is 45.3 Å². The molecule has 0 radical (unpaired) electrons. The van der Waals surface area contributed by atoms with Gasteiger partial charge in [-0.15, -0.1) is 0 Å². The minimum Gasteiger partial charge on any atom is -0.493 e. The predicted octanol–water partition coefficient (Wildman–Crippen LogP) is 4.22. The molecule has 3 rings (SSSR count). The van der Waals surface area contributed by atoms with E-state index in [-0.39, 0.29) is 11.9 Å². The molecule has 2 unspecified atom stereocenters. The standard InChI is InChI=1S/C21H25NO3/c1-14(2)16-8-4-7-11-20(16)25-15(3)21(23)22-18-12-13-24-19-10-6-5-9-17(18)19/h4-11,14-15,18H,12-13H2,1-3H3,(H,22,23). The van der Waals surface area contributed by atoms with Crippen LogP contribution in [0.3, 0.4) is 0 Å². The van der Waals surface area contributed by atoms with E-state index in [4.69, 9.17) is 9.47 Å². The summed E-state index contributed by atoms with van der Waals surface area (Å²) in [5, 5.41) is 3.10. The highest BCUT2D eigenvalue weighted by atomic mass is 16.5. The molecule has 2 aromatic rings. The summed E-state index contributed by atoms with van der Waals surface area (Å²) in [6, 6.07) is 15.7. The van der Waals surface area contributed by atoms with Crippen molar-refractivity contribution in [3.05, 3.63) is 59.7 Å². The van der Waals surface area contributed by atoms with Crippen LogP contribution in [0, 0.1) is 0 Å². The fourth-order valence-corrected chi connectivity index (χ4v) is 3.09. The zero-order valence-corrected chi connectivity index (χ0v) is 15.0. The molecule has 1 heterocycles. The zero-order valence-electron chi connectivity index (χ0n) is 15.0. The first-order valence-electron chi connectivity index (χ1n) is 8.84. The van der Waals surface area contributed by atoms with Gasteiger partial charge < -0.3 is 14.8 Å². The number of rotatable bonds is 5. The first-order valence-corrected chi connectivity index (χ1v) is 8.84. The monoisotopic (exact) mass is 339 g/mol. The summed E-state index contributed by atoms with van der Waals surface area (Å²) in [5.74, 6) is 1.85. The van der Waals surface area contributed by atoms with Gasteiger partial charge in [0.1, 0.15) is 11.5 Å². The Kier molecular flexibility index (Phi) is 5.27. The molecule has 0 bridgehead atoms. The van der Waals surface area contributed by atoms with Crippen LogP contribution in [-0.4, -0.2) is 18.6 Å². The summed E-state index contributed by atoms with van der Waals surface area (Å²) in [6.45, 7) is 6.63. The number of nitrogens with one attached hydrogen (secondary N) is 1. The van der Waals surface area contributed by atoms with Crippen molar-refractivity contribution in [2.24, 2.45) is 0 Å². The lowest BCUT2D eigenvalue weighted by Gasteiger charge is -2.28. The molecule has 1 aliphatic rings. The van der Waals surface area contributed by atoms with Gasteiger partial charge >= 0.3 is 0 Å². The fourth-order valence-electron chi connectivity index (χ4n) is 3.09. The van der Waals surface area contributed by atoms with E-state index in [2.05, 4.69) is 19.2 Å². The SMILES string of the molecule is CC(Oc1ccccc1C(C)C)C(=O)NC1CCOc2ccccc21. The summed E-state index contributed by atoms with van der Waals surface area (Å²) in [4.78, 5) is 12.6. The van der Waals surface area contributed by atoms with Crippen molar-refractivity contribution in [1.82, 2.24) is 5.32 Å². The molecule has 1 amide bonds. The number of carbonyl (C=O) groups excluding carboxylic acids is 1. The second-order valence-electron chi connectivity index (χ2n) is 6.69. The van der Waals surface area contributed by atoms with Crippen molar-refractivity contribution in [1.29, 1.82) is 0 Å². The highest BCUT2D eigenvalue weighted by Gasteiger charge is 2.25. The van der Waals surface area contributed by atoms with Crippen molar-refractivity contribution in [3.8, 4) is 11.5 Å². The Morgan fingerprint density at radius 2 is 1.84 bits per heavy atom. The van der Waals surface area contributed by atoms with E-state index >= 15 is 0 Å². The Balaban J connectivity index is 1.68. The molecule has 0 fully saturated rings. The minimum absolute atomic E-state index is 0.0381.